The molecule has 0 unspecified atom stereocenters. The largest absolute Gasteiger partial charge is 0.236 e. The summed E-state index contributed by atoms with van der Waals surface area (Å²) in [4.78, 5) is 8.55. The second kappa shape index (κ2) is 10.7. The minimum Gasteiger partial charge on any atom is -0.236 e. The fraction of sp³-hybridized carbons (Fsp3) is 0.448. The van der Waals surface area contributed by atoms with Gasteiger partial charge in [0.2, 0.25) is 0 Å². The normalized spacial score (nSPS) is 15.6. The van der Waals surface area contributed by atoms with Crippen molar-refractivity contribution in [2.45, 2.75) is 77.0 Å². The minimum atomic E-state index is -1.49. The number of benzene rings is 2. The third-order valence-electron chi connectivity index (χ3n) is 7.49. The molecule has 5 heteroatoms. The zero-order chi connectivity index (χ0) is 24.1. The molecule has 1 fully saturated rings. The highest BCUT2D eigenvalue weighted by Gasteiger charge is 2.40. The molecule has 0 bridgehead atoms. The van der Waals surface area contributed by atoms with Gasteiger partial charge in [0.15, 0.2) is 23.3 Å². The van der Waals surface area contributed by atoms with E-state index in [0.29, 0.717) is 5.92 Å². The lowest BCUT2D eigenvalue weighted by atomic mass is 9.60. The molecule has 0 atom stereocenters. The van der Waals surface area contributed by atoms with Gasteiger partial charge in [0.05, 0.1) is 0 Å². The predicted molar refractivity (Wildman–Crippen MR) is 131 cm³/mol. The summed E-state index contributed by atoms with van der Waals surface area (Å²) in [5, 5.41) is 0. The molecule has 1 aromatic heterocycles. The van der Waals surface area contributed by atoms with Gasteiger partial charge >= 0.3 is 0 Å². The Balaban J connectivity index is 1.60. The fourth-order valence-electron chi connectivity index (χ4n) is 5.81. The van der Waals surface area contributed by atoms with Gasteiger partial charge in [-0.25, -0.2) is 23.1 Å². The molecule has 0 aliphatic heterocycles. The molecule has 1 saturated carbocycles. The first-order valence-electron chi connectivity index (χ1n) is 12.6. The molecule has 0 saturated heterocycles. The van der Waals surface area contributed by atoms with Crippen molar-refractivity contribution in [1.82, 2.24) is 9.97 Å². The summed E-state index contributed by atoms with van der Waals surface area (Å²) in [6, 6.07) is 10.6. The monoisotopic (exact) mass is 466 g/mol. The van der Waals surface area contributed by atoms with Crippen LogP contribution < -0.4 is 0 Å². The molecular formula is C29H33F3N2. The molecule has 1 aliphatic carbocycles. The molecule has 0 amide bonds. The molecule has 3 aromatic rings. The molecule has 1 heterocycles. The van der Waals surface area contributed by atoms with Crippen molar-refractivity contribution >= 4 is 0 Å². The summed E-state index contributed by atoms with van der Waals surface area (Å²) in [5.74, 6) is -3.12. The first-order chi connectivity index (χ1) is 16.5. The first-order valence-corrected chi connectivity index (χ1v) is 12.6. The Morgan fingerprint density at radius 3 is 1.85 bits per heavy atom. The minimum absolute atomic E-state index is 0.107. The van der Waals surface area contributed by atoms with Gasteiger partial charge in [-0.3, -0.25) is 0 Å². The van der Waals surface area contributed by atoms with Crippen LogP contribution >= 0.6 is 0 Å². The van der Waals surface area contributed by atoms with Crippen LogP contribution in [-0.4, -0.2) is 9.97 Å². The van der Waals surface area contributed by atoms with Crippen LogP contribution in [0, 0.1) is 23.4 Å². The number of halogens is 3. The van der Waals surface area contributed by atoms with Gasteiger partial charge in [0.1, 0.15) is 0 Å². The zero-order valence-corrected chi connectivity index (χ0v) is 20.1. The third-order valence-corrected chi connectivity index (χ3v) is 7.49. The zero-order valence-electron chi connectivity index (χ0n) is 20.1. The van der Waals surface area contributed by atoms with Crippen LogP contribution in [0.2, 0.25) is 0 Å². The Labute approximate surface area is 200 Å². The van der Waals surface area contributed by atoms with Crippen LogP contribution in [0.1, 0.15) is 77.2 Å². The van der Waals surface area contributed by atoms with Crippen molar-refractivity contribution in [1.29, 1.82) is 0 Å². The maximum absolute atomic E-state index is 13.6. The average Bonchev–Trinajstić information content (AvgIpc) is 2.87. The summed E-state index contributed by atoms with van der Waals surface area (Å²) in [5.41, 5.74) is 3.64. The number of nitrogens with zero attached hydrogens (tertiary/aromatic N) is 2. The highest BCUT2D eigenvalue weighted by atomic mass is 19.2. The highest BCUT2D eigenvalue weighted by Crippen LogP contribution is 2.48. The van der Waals surface area contributed by atoms with Crippen LogP contribution in [-0.2, 0) is 5.41 Å². The van der Waals surface area contributed by atoms with E-state index in [1.165, 1.54) is 63.4 Å². The topological polar surface area (TPSA) is 25.8 Å². The maximum Gasteiger partial charge on any atom is 0.194 e. The highest BCUT2D eigenvalue weighted by molar-refractivity contribution is 5.64. The van der Waals surface area contributed by atoms with Crippen molar-refractivity contribution in [3.63, 3.8) is 0 Å². The van der Waals surface area contributed by atoms with E-state index in [9.17, 15) is 13.2 Å². The first kappa shape index (κ1) is 24.4. The quantitative estimate of drug-likeness (QED) is 0.310. The Morgan fingerprint density at radius 2 is 1.32 bits per heavy atom. The molecule has 4 rings (SSSR count). The van der Waals surface area contributed by atoms with E-state index in [4.69, 9.17) is 0 Å². The summed E-state index contributed by atoms with van der Waals surface area (Å²) < 4.78 is 40.4. The van der Waals surface area contributed by atoms with E-state index in [1.54, 1.807) is 12.4 Å². The SMILES string of the molecule is CCCC(CCC)C1(c2ccc(-c3cnc(-c4cc(F)c(F)c(F)c4)nc3)cc2)CCCCC1. The summed E-state index contributed by atoms with van der Waals surface area (Å²) in [6.45, 7) is 4.58. The van der Waals surface area contributed by atoms with Crippen LogP contribution in [0.4, 0.5) is 13.2 Å². The number of hydrogen-bond acceptors (Lipinski definition) is 2. The summed E-state index contributed by atoms with van der Waals surface area (Å²) in [7, 11) is 0. The third kappa shape index (κ3) is 4.89. The molecule has 2 nitrogen and oxygen atoms in total. The average molecular weight is 467 g/mol. The van der Waals surface area contributed by atoms with E-state index >= 15 is 0 Å². The lowest BCUT2D eigenvalue weighted by Gasteiger charge is -2.45. The van der Waals surface area contributed by atoms with Gasteiger partial charge < -0.3 is 0 Å². The van der Waals surface area contributed by atoms with Crippen molar-refractivity contribution < 1.29 is 13.2 Å². The fourth-order valence-corrected chi connectivity index (χ4v) is 5.81. The molecule has 1 aliphatic rings. The second-order valence-corrected chi connectivity index (χ2v) is 9.62. The van der Waals surface area contributed by atoms with E-state index in [2.05, 4.69) is 48.1 Å². The Hall–Kier alpha value is -2.69. The maximum atomic E-state index is 13.6. The molecule has 34 heavy (non-hydrogen) atoms. The molecule has 180 valence electrons. The summed E-state index contributed by atoms with van der Waals surface area (Å²) >= 11 is 0. The molecule has 2 aromatic carbocycles. The van der Waals surface area contributed by atoms with Gasteiger partial charge in [0.25, 0.3) is 0 Å². The van der Waals surface area contributed by atoms with E-state index in [0.717, 1.165) is 23.3 Å². The lowest BCUT2D eigenvalue weighted by molar-refractivity contribution is 0.168. The van der Waals surface area contributed by atoms with Gasteiger partial charge in [0, 0.05) is 23.5 Å². The molecule has 0 radical (unpaired) electrons. The molecule has 0 N–H and O–H groups in total. The number of rotatable bonds is 8. The van der Waals surface area contributed by atoms with Crippen LogP contribution in [0.25, 0.3) is 22.5 Å². The van der Waals surface area contributed by atoms with E-state index in [1.807, 2.05) is 0 Å². The molecule has 0 spiro atoms. The number of aromatic nitrogens is 2. The smallest absolute Gasteiger partial charge is 0.194 e. The van der Waals surface area contributed by atoms with Crippen LogP contribution in [0.3, 0.4) is 0 Å². The Bertz CT molecular complexity index is 1060. The van der Waals surface area contributed by atoms with E-state index < -0.39 is 17.5 Å². The van der Waals surface area contributed by atoms with Crippen LogP contribution in [0.5, 0.6) is 0 Å². The van der Waals surface area contributed by atoms with Gasteiger partial charge in [-0.15, -0.1) is 0 Å². The van der Waals surface area contributed by atoms with Gasteiger partial charge in [-0.2, -0.15) is 0 Å². The van der Waals surface area contributed by atoms with Crippen molar-refractivity contribution in [3.05, 3.63) is 71.8 Å². The molecular weight excluding hydrogens is 433 g/mol. The Kier molecular flexibility index (Phi) is 7.70. The van der Waals surface area contributed by atoms with Gasteiger partial charge in [-0.1, -0.05) is 70.2 Å². The van der Waals surface area contributed by atoms with Crippen molar-refractivity contribution in [2.24, 2.45) is 5.92 Å². The summed E-state index contributed by atoms with van der Waals surface area (Å²) in [6.07, 6.45) is 14.7. The van der Waals surface area contributed by atoms with Crippen LogP contribution in [0.15, 0.2) is 48.8 Å². The van der Waals surface area contributed by atoms with Crippen molar-refractivity contribution in [3.8, 4) is 22.5 Å². The predicted octanol–water partition coefficient (Wildman–Crippen LogP) is 8.65. The van der Waals surface area contributed by atoms with E-state index in [-0.39, 0.29) is 16.8 Å². The standard InChI is InChI=1S/C29H33F3N2/c1-3-8-23(9-4-2)29(14-6-5-7-15-29)24-12-10-20(11-13-24)22-18-33-28(34-19-22)21-16-25(30)27(32)26(31)17-21/h10-13,16-19,23H,3-9,14-15H2,1-2H3. The van der Waals surface area contributed by atoms with Crippen molar-refractivity contribution in [2.75, 3.05) is 0 Å². The number of hydrogen-bond donors (Lipinski definition) is 0. The van der Waals surface area contributed by atoms with Gasteiger partial charge in [-0.05, 0) is 60.3 Å². The second-order valence-electron chi connectivity index (χ2n) is 9.62. The Morgan fingerprint density at radius 1 is 0.765 bits per heavy atom. The lowest BCUT2D eigenvalue weighted by Crippen LogP contribution is -2.37.